The van der Waals surface area contributed by atoms with Crippen LogP contribution in [0.1, 0.15) is 154 Å². The molecule has 2 saturated carbocycles. The highest BCUT2D eigenvalue weighted by Crippen LogP contribution is 2.39. The number of hydrogen-bond donors (Lipinski definition) is 0. The van der Waals surface area contributed by atoms with Crippen LogP contribution in [0.15, 0.2) is 97.1 Å². The van der Waals surface area contributed by atoms with Gasteiger partial charge in [0.05, 0.1) is 23.3 Å². The molecule has 6 rings (SSSR count). The van der Waals surface area contributed by atoms with Crippen LogP contribution in [-0.2, 0) is 25.7 Å². The van der Waals surface area contributed by atoms with Crippen LogP contribution < -0.4 is 0 Å². The first kappa shape index (κ1) is 38.1. The van der Waals surface area contributed by atoms with Crippen LogP contribution in [0.3, 0.4) is 0 Å². The summed E-state index contributed by atoms with van der Waals surface area (Å²) in [5.74, 6) is 3.52. The van der Waals surface area contributed by atoms with Crippen LogP contribution in [0.4, 0.5) is 0 Å². The lowest BCUT2D eigenvalue weighted by atomic mass is 9.77. The van der Waals surface area contributed by atoms with Crippen LogP contribution in [0.25, 0.3) is 0 Å². The van der Waals surface area contributed by atoms with Gasteiger partial charge in [0.25, 0.3) is 0 Å². The van der Waals surface area contributed by atoms with Gasteiger partial charge in [-0.1, -0.05) is 119 Å². The molecule has 0 N–H and O–H groups in total. The van der Waals surface area contributed by atoms with Gasteiger partial charge in [-0.15, -0.1) is 0 Å². The highest BCUT2D eigenvalue weighted by Gasteiger charge is 2.23. The molecule has 0 radical (unpaired) electrons. The SMILES string of the molecule is CCCC[C@H]1CC[C@H](c2ccc(CCc3ccc(C#N)cc3)cc2)CC1.CCC[C@H]1CC[C@H](c2ccc(CCc3ccc(C#N)cc3)cc2)CC1. The van der Waals surface area contributed by atoms with Crippen LogP contribution >= 0.6 is 0 Å². The molecule has 4 aromatic carbocycles. The molecular weight excluding hydrogens is 617 g/mol. The molecule has 266 valence electrons. The molecule has 0 spiro atoms. The summed E-state index contributed by atoms with van der Waals surface area (Å²) >= 11 is 0. The van der Waals surface area contributed by atoms with Crippen molar-refractivity contribution in [1.82, 2.24) is 0 Å². The number of benzene rings is 4. The van der Waals surface area contributed by atoms with Crippen molar-refractivity contribution in [3.05, 3.63) is 142 Å². The van der Waals surface area contributed by atoms with Crippen molar-refractivity contribution >= 4 is 0 Å². The van der Waals surface area contributed by atoms with Crippen LogP contribution in [-0.4, -0.2) is 0 Å². The number of aryl methyl sites for hydroxylation is 4. The minimum absolute atomic E-state index is 0.738. The molecule has 2 aliphatic rings. The van der Waals surface area contributed by atoms with E-state index in [9.17, 15) is 0 Å². The van der Waals surface area contributed by atoms with Gasteiger partial charge in [-0.25, -0.2) is 0 Å². The first-order valence-corrected chi connectivity index (χ1v) is 20.2. The van der Waals surface area contributed by atoms with Gasteiger partial charge in [0.1, 0.15) is 0 Å². The first-order valence-electron chi connectivity index (χ1n) is 20.2. The smallest absolute Gasteiger partial charge is 0.0991 e. The summed E-state index contributed by atoms with van der Waals surface area (Å²) < 4.78 is 0. The molecule has 0 aromatic heterocycles. The summed E-state index contributed by atoms with van der Waals surface area (Å²) in [4.78, 5) is 0. The molecule has 0 bridgehead atoms. The summed E-state index contributed by atoms with van der Waals surface area (Å²) in [5, 5.41) is 17.7. The average Bonchev–Trinajstić information content (AvgIpc) is 3.20. The van der Waals surface area contributed by atoms with Crippen LogP contribution in [0.2, 0.25) is 0 Å². The zero-order chi connectivity index (χ0) is 35.7. The van der Waals surface area contributed by atoms with E-state index in [0.29, 0.717) is 0 Å². The maximum absolute atomic E-state index is 8.87. The van der Waals surface area contributed by atoms with Crippen molar-refractivity contribution in [2.24, 2.45) is 11.8 Å². The van der Waals surface area contributed by atoms with Gasteiger partial charge in [0.2, 0.25) is 0 Å². The Hall–Kier alpha value is -4.14. The highest BCUT2D eigenvalue weighted by molar-refractivity contribution is 5.34. The molecule has 2 nitrogen and oxygen atoms in total. The minimum atomic E-state index is 0.738. The monoisotopic (exact) mass is 676 g/mol. The molecule has 0 heterocycles. The third-order valence-electron chi connectivity index (χ3n) is 11.8. The van der Waals surface area contributed by atoms with Crippen molar-refractivity contribution in [3.8, 4) is 12.1 Å². The lowest BCUT2D eigenvalue weighted by Gasteiger charge is -2.29. The molecule has 0 saturated heterocycles. The van der Waals surface area contributed by atoms with Gasteiger partial charge in [-0.2, -0.15) is 10.5 Å². The second kappa shape index (κ2) is 20.6. The molecule has 4 aromatic rings. The van der Waals surface area contributed by atoms with E-state index < -0.39 is 0 Å². The van der Waals surface area contributed by atoms with Crippen molar-refractivity contribution < 1.29 is 0 Å². The second-order valence-electron chi connectivity index (χ2n) is 15.5. The van der Waals surface area contributed by atoms with Gasteiger partial charge in [0.15, 0.2) is 0 Å². The Morgan fingerprint density at radius 2 is 0.765 bits per heavy atom. The Balaban J connectivity index is 0.000000198. The van der Waals surface area contributed by atoms with Crippen molar-refractivity contribution in [2.45, 2.75) is 135 Å². The fourth-order valence-electron chi connectivity index (χ4n) is 8.45. The van der Waals surface area contributed by atoms with Crippen LogP contribution in [0, 0.1) is 34.5 Å². The van der Waals surface area contributed by atoms with E-state index in [4.69, 9.17) is 10.5 Å². The topological polar surface area (TPSA) is 47.6 Å². The van der Waals surface area contributed by atoms with Crippen molar-refractivity contribution in [2.75, 3.05) is 0 Å². The van der Waals surface area contributed by atoms with Gasteiger partial charge >= 0.3 is 0 Å². The third-order valence-corrected chi connectivity index (χ3v) is 11.8. The van der Waals surface area contributed by atoms with Gasteiger partial charge in [-0.05, 0) is 158 Å². The highest BCUT2D eigenvalue weighted by atomic mass is 14.3. The molecule has 51 heavy (non-hydrogen) atoms. The van der Waals surface area contributed by atoms with E-state index in [-0.39, 0.29) is 0 Å². The van der Waals surface area contributed by atoms with E-state index >= 15 is 0 Å². The largest absolute Gasteiger partial charge is 0.192 e. The Labute approximate surface area is 310 Å². The fraction of sp³-hybridized carbons (Fsp3) is 0.469. The Morgan fingerprint density at radius 3 is 1.08 bits per heavy atom. The predicted molar refractivity (Wildman–Crippen MR) is 214 cm³/mol. The Morgan fingerprint density at radius 1 is 0.431 bits per heavy atom. The Kier molecular flexibility index (Phi) is 15.4. The number of unbranched alkanes of at least 4 members (excludes halogenated alkanes) is 1. The zero-order valence-corrected chi connectivity index (χ0v) is 31.5. The molecule has 2 aliphatic carbocycles. The maximum Gasteiger partial charge on any atom is 0.0991 e. The van der Waals surface area contributed by atoms with E-state index in [1.807, 2.05) is 24.3 Å². The van der Waals surface area contributed by atoms with Gasteiger partial charge in [-0.3, -0.25) is 0 Å². The molecule has 2 heteroatoms. The summed E-state index contributed by atoms with van der Waals surface area (Å²) in [6.07, 6.45) is 22.3. The lowest BCUT2D eigenvalue weighted by molar-refractivity contribution is 0.304. The van der Waals surface area contributed by atoms with Crippen molar-refractivity contribution in [1.29, 1.82) is 10.5 Å². The molecule has 2 fully saturated rings. The summed E-state index contributed by atoms with van der Waals surface area (Å²) in [7, 11) is 0. The van der Waals surface area contributed by atoms with Crippen molar-refractivity contribution in [3.63, 3.8) is 0 Å². The normalized spacial score (nSPS) is 20.0. The number of nitrogens with zero attached hydrogens (tertiary/aromatic N) is 2. The molecule has 0 amide bonds. The van der Waals surface area contributed by atoms with E-state index in [2.05, 4.69) is 98.8 Å². The maximum atomic E-state index is 8.87. The molecular formula is C49H60N2. The van der Waals surface area contributed by atoms with E-state index in [1.54, 1.807) is 5.56 Å². The lowest BCUT2D eigenvalue weighted by Crippen LogP contribution is -2.13. The van der Waals surface area contributed by atoms with Crippen LogP contribution in [0.5, 0.6) is 0 Å². The summed E-state index contributed by atoms with van der Waals surface area (Å²) in [6.45, 7) is 4.61. The second-order valence-corrected chi connectivity index (χ2v) is 15.5. The van der Waals surface area contributed by atoms with E-state index in [0.717, 1.165) is 60.5 Å². The summed E-state index contributed by atoms with van der Waals surface area (Å²) in [6, 6.07) is 39.0. The fourth-order valence-corrected chi connectivity index (χ4v) is 8.45. The standard InChI is InChI=1S/C25H31N.C24H29N/c1-2-3-4-20-11-15-24(16-12-20)25-17-13-22(14-18-25)6-5-21-7-9-23(19-26)10-8-21;1-2-3-19-10-14-23(15-11-19)24-16-12-21(13-17-24)5-4-20-6-8-22(18-25)9-7-20/h7-10,13-14,17-18,20,24H,2-6,11-12,15-16H2,1H3;6-9,12-13,16-17,19,23H,2-5,10-11,14-15H2,1H3/t20-,24-;19-,23-. The number of nitriles is 2. The third kappa shape index (κ3) is 12.3. The average molecular weight is 677 g/mol. The zero-order valence-electron chi connectivity index (χ0n) is 31.5. The first-order chi connectivity index (χ1) is 25.1. The predicted octanol–water partition coefficient (Wildman–Crippen LogP) is 13.2. The number of hydrogen-bond acceptors (Lipinski definition) is 2. The van der Waals surface area contributed by atoms with Gasteiger partial charge < -0.3 is 0 Å². The molecule has 0 aliphatic heterocycles. The molecule has 0 atom stereocenters. The Bertz CT molecular complexity index is 1640. The minimum Gasteiger partial charge on any atom is -0.192 e. The quantitative estimate of drug-likeness (QED) is 0.141. The van der Waals surface area contributed by atoms with E-state index in [1.165, 1.54) is 111 Å². The van der Waals surface area contributed by atoms with Gasteiger partial charge in [0, 0.05) is 0 Å². The summed E-state index contributed by atoms with van der Waals surface area (Å²) in [5.41, 5.74) is 9.99. The molecule has 0 unspecified atom stereocenters. The number of rotatable bonds is 13.